The van der Waals surface area contributed by atoms with Gasteiger partial charge in [0, 0.05) is 7.05 Å². The van der Waals surface area contributed by atoms with E-state index in [2.05, 4.69) is 24.5 Å². The van der Waals surface area contributed by atoms with Crippen molar-refractivity contribution in [1.82, 2.24) is 41.1 Å². The van der Waals surface area contributed by atoms with Gasteiger partial charge in [-0.15, -0.1) is 19.7 Å². The van der Waals surface area contributed by atoms with E-state index in [0.29, 0.717) is 32.0 Å². The van der Waals surface area contributed by atoms with Gasteiger partial charge < -0.3 is 29.9 Å². The number of ether oxygens (including phenoxy) is 2. The van der Waals surface area contributed by atoms with Crippen molar-refractivity contribution in [3.8, 4) is 0 Å². The van der Waals surface area contributed by atoms with Gasteiger partial charge >= 0.3 is 63.1 Å². The number of hydrogen-bond acceptors (Lipinski definition) is 17. The molecule has 3 rings (SSSR count). The molecule has 4 unspecified atom stereocenters. The number of aliphatic hydroxyl groups is 4. The number of hydrogen-bond donors (Lipinski definition) is 4. The largest absolute Gasteiger partial charge is 0.469 e. The lowest BCUT2D eigenvalue weighted by Crippen LogP contribution is -2.57. The summed E-state index contributed by atoms with van der Waals surface area (Å²) in [6, 6.07) is 0. The first kappa shape index (κ1) is 53.4. The average Bonchev–Trinajstić information content (AvgIpc) is 3.23. The third-order valence-corrected chi connectivity index (χ3v) is 9.05. The molecule has 26 nitrogen and oxygen atoms in total. The summed E-state index contributed by atoms with van der Waals surface area (Å²) in [6.07, 6.45) is -1.62. The molecule has 0 aliphatic carbocycles. The van der Waals surface area contributed by atoms with Crippen LogP contribution in [0.25, 0.3) is 0 Å². The maximum absolute atomic E-state index is 12.7. The third-order valence-electron chi connectivity index (χ3n) is 9.05. The van der Waals surface area contributed by atoms with Gasteiger partial charge in [0.25, 0.3) is 0 Å². The van der Waals surface area contributed by atoms with E-state index >= 15 is 0 Å². The molecule has 0 spiro atoms. The van der Waals surface area contributed by atoms with Crippen LogP contribution in [0.4, 0.5) is 0 Å². The van der Waals surface area contributed by atoms with Crippen LogP contribution in [0.5, 0.6) is 0 Å². The van der Waals surface area contributed by atoms with Gasteiger partial charge in [-0.2, -0.15) is 0 Å². The second-order valence-corrected chi connectivity index (χ2v) is 15.1. The van der Waals surface area contributed by atoms with E-state index < -0.39 is 126 Å². The van der Waals surface area contributed by atoms with E-state index in [0.717, 1.165) is 16.2 Å². The normalized spacial score (nSPS) is 13.2. The predicted molar refractivity (Wildman–Crippen MR) is 226 cm³/mol. The van der Waals surface area contributed by atoms with E-state index in [9.17, 15) is 73.2 Å². The molecule has 0 aliphatic rings. The van der Waals surface area contributed by atoms with Gasteiger partial charge in [0.2, 0.25) is 0 Å². The molecule has 0 amide bonds. The molecule has 4 atom stereocenters. The molecule has 0 radical (unpaired) electrons. The maximum Gasteiger partial charge on any atom is 0.336 e. The Labute approximate surface area is 361 Å². The van der Waals surface area contributed by atoms with E-state index in [1.165, 1.54) is 53.0 Å². The molecular formula is C38H55N9O17. The fraction of sp³-hybridized carbons (Fsp3) is 0.553. The third kappa shape index (κ3) is 12.9. The van der Waals surface area contributed by atoms with Gasteiger partial charge in [-0.25, -0.2) is 84.3 Å². The first-order valence-corrected chi connectivity index (χ1v) is 19.4. The number of rotatable bonds is 21. The van der Waals surface area contributed by atoms with Crippen LogP contribution in [0.1, 0.15) is 34.1 Å². The topological polar surface area (TPSA) is 332 Å². The average molecular weight is 910 g/mol. The lowest BCUT2D eigenvalue weighted by atomic mass is 9.89. The minimum Gasteiger partial charge on any atom is -0.469 e. The van der Waals surface area contributed by atoms with Gasteiger partial charge in [-0.05, 0) is 27.7 Å². The molecule has 3 aromatic heterocycles. The van der Waals surface area contributed by atoms with Crippen molar-refractivity contribution in [2.75, 3.05) is 13.7 Å². The Balaban J connectivity index is 0.000000441. The minimum atomic E-state index is -1.61. The fourth-order valence-corrected chi connectivity index (χ4v) is 5.90. The molecule has 4 N–H and O–H groups in total. The molecule has 354 valence electrons. The number of esters is 2. The molecule has 0 aromatic carbocycles. The van der Waals surface area contributed by atoms with E-state index in [4.69, 9.17) is 4.74 Å². The van der Waals surface area contributed by atoms with E-state index in [1.54, 1.807) is 0 Å². The Morgan fingerprint density at radius 3 is 1.19 bits per heavy atom. The van der Waals surface area contributed by atoms with Gasteiger partial charge in [-0.1, -0.05) is 18.2 Å². The molecule has 3 heterocycles. The molecule has 0 saturated carbocycles. The number of aromatic nitrogens is 9. The standard InChI is InChI=1S/C19H26N6O8.C19H29N3O9/c1-5-7-21-14(28)20(4)15(29)24(16(21)30)10-13(27)11-25-18(32)22(8-6-2)17(31)23(19(25)33)9-12(3)26;1-6-7-20-16(27)21(9-12(2)23)18(29)22(17(20)28)10-13(24)11-31-15(26)19(3,4)8-14(25)30-5/h5-6,12-13,26-27H,1-2,7-11H2,3-4H3;6,12-13,23-24H,1,7-11H2,2-5H3. The molecule has 0 aliphatic heterocycles. The summed E-state index contributed by atoms with van der Waals surface area (Å²) in [6.45, 7) is 12.2. The molecule has 0 saturated heterocycles. The summed E-state index contributed by atoms with van der Waals surface area (Å²) in [7, 11) is 2.33. The van der Waals surface area contributed by atoms with Gasteiger partial charge in [-0.3, -0.25) is 9.59 Å². The van der Waals surface area contributed by atoms with Crippen LogP contribution in [0.2, 0.25) is 0 Å². The summed E-state index contributed by atoms with van der Waals surface area (Å²) < 4.78 is 15.4. The Bertz CT molecular complexity index is 2770. The van der Waals surface area contributed by atoms with Crippen molar-refractivity contribution < 1.29 is 39.5 Å². The SMILES string of the molecule is C=CCn1c(=O)n(C)c(=O)n(CC(O)Cn2c(=O)n(CC=C)c(=O)n(CC(C)O)c2=O)c1=O.C=CCn1c(=O)n(CC(C)O)c(=O)n(CC(O)COC(=O)C(C)(C)CC(=O)OC)c1=O. The Morgan fingerprint density at radius 1 is 0.547 bits per heavy atom. The quantitative estimate of drug-likeness (QED) is 0.0571. The highest BCUT2D eigenvalue weighted by Gasteiger charge is 2.33. The molecule has 26 heteroatoms. The van der Waals surface area contributed by atoms with Crippen molar-refractivity contribution in [3.05, 3.63) is 132 Å². The summed E-state index contributed by atoms with van der Waals surface area (Å²) in [4.78, 5) is 136. The number of nitrogens with zero attached hydrogens (tertiary/aromatic N) is 9. The van der Waals surface area contributed by atoms with Crippen LogP contribution < -0.4 is 51.2 Å². The van der Waals surface area contributed by atoms with Crippen LogP contribution in [0.3, 0.4) is 0 Å². The molecule has 0 fully saturated rings. The predicted octanol–water partition coefficient (Wildman–Crippen LogP) is -5.76. The van der Waals surface area contributed by atoms with E-state index in [1.807, 2.05) is 0 Å². The minimum absolute atomic E-state index is 0.183. The number of methoxy groups -OCH3 is 1. The smallest absolute Gasteiger partial charge is 0.336 e. The zero-order chi connectivity index (χ0) is 49.0. The van der Waals surface area contributed by atoms with Gasteiger partial charge in [0.1, 0.15) is 12.7 Å². The molecule has 64 heavy (non-hydrogen) atoms. The number of carbonyl (C=O) groups is 2. The van der Waals surface area contributed by atoms with Crippen molar-refractivity contribution in [1.29, 1.82) is 0 Å². The van der Waals surface area contributed by atoms with Crippen LogP contribution >= 0.6 is 0 Å². The second kappa shape index (κ2) is 23.1. The highest BCUT2D eigenvalue weighted by molar-refractivity contribution is 5.82. The molecule has 0 bridgehead atoms. The second-order valence-electron chi connectivity index (χ2n) is 15.1. The van der Waals surface area contributed by atoms with Crippen LogP contribution in [-0.2, 0) is 78.5 Å². The summed E-state index contributed by atoms with van der Waals surface area (Å²) in [5, 5.41) is 39.9. The van der Waals surface area contributed by atoms with Crippen molar-refractivity contribution >= 4 is 11.9 Å². The zero-order valence-electron chi connectivity index (χ0n) is 36.4. The Kier molecular flexibility index (Phi) is 19.2. The number of allylic oxidation sites excluding steroid dienone is 3. The lowest BCUT2D eigenvalue weighted by Gasteiger charge is -2.22. The number of carbonyl (C=O) groups excluding carboxylic acids is 2. The van der Waals surface area contributed by atoms with Gasteiger partial charge in [0.05, 0.1) is 89.6 Å². The van der Waals surface area contributed by atoms with Gasteiger partial charge in [0.15, 0.2) is 0 Å². The monoisotopic (exact) mass is 909 g/mol. The Hall–Kier alpha value is -6.77. The Morgan fingerprint density at radius 2 is 0.844 bits per heavy atom. The molecular weight excluding hydrogens is 854 g/mol. The number of aliphatic hydroxyl groups excluding tert-OH is 4. The summed E-state index contributed by atoms with van der Waals surface area (Å²) in [5.41, 5.74) is -10.1. The molecule has 3 aromatic rings. The first-order chi connectivity index (χ1) is 29.8. The first-order valence-electron chi connectivity index (χ1n) is 19.4. The van der Waals surface area contributed by atoms with Crippen LogP contribution in [0.15, 0.2) is 81.1 Å². The summed E-state index contributed by atoms with van der Waals surface area (Å²) >= 11 is 0. The zero-order valence-corrected chi connectivity index (χ0v) is 36.4. The lowest BCUT2D eigenvalue weighted by molar-refractivity contribution is -0.162. The van der Waals surface area contributed by atoms with E-state index in [-0.39, 0.29) is 32.6 Å². The van der Waals surface area contributed by atoms with Crippen LogP contribution in [0, 0.1) is 5.41 Å². The van der Waals surface area contributed by atoms with Crippen LogP contribution in [-0.4, -0.2) is 112 Å². The van der Waals surface area contributed by atoms with Crippen molar-refractivity contribution in [2.45, 2.75) is 111 Å². The fourth-order valence-electron chi connectivity index (χ4n) is 5.90. The van der Waals surface area contributed by atoms with Crippen molar-refractivity contribution in [2.24, 2.45) is 12.5 Å². The highest BCUT2D eigenvalue weighted by Crippen LogP contribution is 2.23. The maximum atomic E-state index is 12.7. The summed E-state index contributed by atoms with van der Waals surface area (Å²) in [5.74, 6) is -1.40. The highest BCUT2D eigenvalue weighted by atomic mass is 16.5. The van der Waals surface area contributed by atoms with Crippen molar-refractivity contribution in [3.63, 3.8) is 0 Å².